The van der Waals surface area contributed by atoms with E-state index in [-0.39, 0.29) is 11.5 Å². The van der Waals surface area contributed by atoms with Gasteiger partial charge in [-0.25, -0.2) is 9.97 Å². The van der Waals surface area contributed by atoms with Crippen LogP contribution in [0.25, 0.3) is 17.1 Å². The molecular formula is C27H25ClN4O. The number of rotatable bonds is 3. The highest BCUT2D eigenvalue weighted by Crippen LogP contribution is 2.48. The average molecular weight is 457 g/mol. The lowest BCUT2D eigenvalue weighted by Gasteiger charge is -2.44. The molecule has 2 aliphatic rings. The van der Waals surface area contributed by atoms with Gasteiger partial charge in [-0.05, 0) is 54.9 Å². The van der Waals surface area contributed by atoms with Gasteiger partial charge in [0, 0.05) is 16.1 Å². The minimum Gasteiger partial charge on any atom is -0.442 e. The highest BCUT2D eigenvalue weighted by Gasteiger charge is 2.40. The number of oxazole rings is 1. The molecule has 1 aliphatic carbocycles. The van der Waals surface area contributed by atoms with Gasteiger partial charge in [-0.1, -0.05) is 49.7 Å². The van der Waals surface area contributed by atoms with Crippen molar-refractivity contribution in [1.29, 1.82) is 0 Å². The molecule has 0 radical (unpaired) electrons. The predicted octanol–water partition coefficient (Wildman–Crippen LogP) is 6.78. The van der Waals surface area contributed by atoms with E-state index in [2.05, 4.69) is 53.5 Å². The smallest absolute Gasteiger partial charge is 0.181 e. The summed E-state index contributed by atoms with van der Waals surface area (Å²) in [6.07, 6.45) is 7.39. The van der Waals surface area contributed by atoms with E-state index < -0.39 is 0 Å². The normalized spacial score (nSPS) is 23.8. The van der Waals surface area contributed by atoms with Gasteiger partial charge >= 0.3 is 0 Å². The molecule has 4 aromatic rings. The summed E-state index contributed by atoms with van der Waals surface area (Å²) in [6.45, 7) is 6.78. The average Bonchev–Trinajstić information content (AvgIpc) is 3.44. The molecule has 0 amide bonds. The van der Waals surface area contributed by atoms with Crippen LogP contribution in [0.15, 0.2) is 70.8 Å². The van der Waals surface area contributed by atoms with E-state index in [1.54, 1.807) is 6.20 Å². The van der Waals surface area contributed by atoms with Crippen molar-refractivity contribution in [2.45, 2.75) is 45.1 Å². The minimum atomic E-state index is -0.158. The van der Waals surface area contributed by atoms with Crippen LogP contribution in [0.3, 0.4) is 0 Å². The molecule has 5 nitrogen and oxygen atoms in total. The van der Waals surface area contributed by atoms with Crippen molar-refractivity contribution in [3.63, 3.8) is 0 Å². The van der Waals surface area contributed by atoms with E-state index >= 15 is 0 Å². The zero-order valence-electron chi connectivity index (χ0n) is 18.9. The van der Waals surface area contributed by atoms with E-state index in [0.29, 0.717) is 10.8 Å². The number of halogens is 1. The molecule has 33 heavy (non-hydrogen) atoms. The molecule has 1 aliphatic heterocycles. The standard InChI is InChI=1S/C27H25ClN4O/c1-16-11-27(3,12-16)18-8-9-22-20(10-18)24(19-6-4-5-7-21(19)28)31-17(2)26-25(30-14-32(22)26)23-13-29-15-33-23/h4-10,13-17H,11-12H2,1-3H3/t16?,17-,27?/m1/s1. The summed E-state index contributed by atoms with van der Waals surface area (Å²) in [4.78, 5) is 14.0. The summed E-state index contributed by atoms with van der Waals surface area (Å²) in [5, 5.41) is 0.698. The first-order valence-corrected chi connectivity index (χ1v) is 11.8. The van der Waals surface area contributed by atoms with Gasteiger partial charge in [0.25, 0.3) is 0 Å². The van der Waals surface area contributed by atoms with E-state index in [0.717, 1.165) is 39.8 Å². The summed E-state index contributed by atoms with van der Waals surface area (Å²) in [5.74, 6) is 1.40. The number of fused-ring (bicyclic) bond motifs is 3. The van der Waals surface area contributed by atoms with E-state index in [1.807, 2.05) is 30.6 Å². The van der Waals surface area contributed by atoms with Crippen molar-refractivity contribution in [2.75, 3.05) is 0 Å². The van der Waals surface area contributed by atoms with Crippen LogP contribution in [0.4, 0.5) is 0 Å². The second kappa shape index (κ2) is 7.42. The summed E-state index contributed by atoms with van der Waals surface area (Å²) >= 11 is 6.69. The minimum absolute atomic E-state index is 0.158. The molecule has 1 saturated carbocycles. The molecule has 0 bridgehead atoms. The zero-order chi connectivity index (χ0) is 22.7. The Morgan fingerprint density at radius 3 is 2.64 bits per heavy atom. The first-order valence-electron chi connectivity index (χ1n) is 11.4. The predicted molar refractivity (Wildman–Crippen MR) is 130 cm³/mol. The topological polar surface area (TPSA) is 56.2 Å². The van der Waals surface area contributed by atoms with Gasteiger partial charge in [-0.2, -0.15) is 0 Å². The second-order valence-electron chi connectivity index (χ2n) is 9.65. The van der Waals surface area contributed by atoms with Crippen molar-refractivity contribution in [3.8, 4) is 17.1 Å². The van der Waals surface area contributed by atoms with Gasteiger partial charge in [-0.15, -0.1) is 0 Å². The Labute approximate surface area is 198 Å². The van der Waals surface area contributed by atoms with Crippen molar-refractivity contribution in [3.05, 3.63) is 88.8 Å². The third-order valence-corrected chi connectivity index (χ3v) is 7.45. The number of nitrogens with zero attached hydrogens (tertiary/aromatic N) is 4. The summed E-state index contributed by atoms with van der Waals surface area (Å²) < 4.78 is 7.73. The number of aromatic nitrogens is 3. The summed E-state index contributed by atoms with van der Waals surface area (Å²) in [6, 6.07) is 14.6. The van der Waals surface area contributed by atoms with E-state index in [1.165, 1.54) is 24.8 Å². The molecule has 3 heterocycles. The number of hydrogen-bond donors (Lipinski definition) is 0. The number of hydrogen-bond acceptors (Lipinski definition) is 4. The van der Waals surface area contributed by atoms with Gasteiger partial charge < -0.3 is 4.42 Å². The lowest BCUT2D eigenvalue weighted by molar-refractivity contribution is 0.178. The van der Waals surface area contributed by atoms with Crippen LogP contribution in [0, 0.1) is 5.92 Å². The maximum absolute atomic E-state index is 6.69. The SMILES string of the molecule is CC1CC(C)(c2ccc3c(c2)C(c2ccccc2Cl)=N[C@H](C)c2c(-c4cnco4)ncn2-3)C1. The summed E-state index contributed by atoms with van der Waals surface area (Å²) in [5.41, 5.74) is 7.26. The van der Waals surface area contributed by atoms with E-state index in [9.17, 15) is 0 Å². The quantitative estimate of drug-likeness (QED) is 0.341. The van der Waals surface area contributed by atoms with Gasteiger partial charge in [0.2, 0.25) is 0 Å². The summed E-state index contributed by atoms with van der Waals surface area (Å²) in [7, 11) is 0. The molecule has 0 spiro atoms. The number of benzene rings is 2. The van der Waals surface area contributed by atoms with Crippen LogP contribution >= 0.6 is 11.6 Å². The Bertz CT molecular complexity index is 1380. The fraction of sp³-hybridized carbons (Fsp3) is 0.296. The van der Waals surface area contributed by atoms with E-state index in [4.69, 9.17) is 21.0 Å². The van der Waals surface area contributed by atoms with Crippen LogP contribution in [0.5, 0.6) is 0 Å². The van der Waals surface area contributed by atoms with Crippen LogP contribution in [0.2, 0.25) is 5.02 Å². The van der Waals surface area contributed by atoms with Gasteiger partial charge in [0.1, 0.15) is 12.0 Å². The Balaban J connectivity index is 1.61. The molecule has 1 fully saturated rings. The van der Waals surface area contributed by atoms with Gasteiger partial charge in [-0.3, -0.25) is 9.56 Å². The second-order valence-corrected chi connectivity index (χ2v) is 10.1. The zero-order valence-corrected chi connectivity index (χ0v) is 19.7. The Kier molecular flexibility index (Phi) is 4.59. The fourth-order valence-corrected chi connectivity index (χ4v) is 5.91. The molecule has 6 heteroatoms. The molecule has 2 aromatic carbocycles. The lowest BCUT2D eigenvalue weighted by Crippen LogP contribution is -2.37. The Morgan fingerprint density at radius 2 is 1.91 bits per heavy atom. The molecule has 166 valence electrons. The Hall–Kier alpha value is -3.18. The molecule has 0 N–H and O–H groups in total. The maximum atomic E-state index is 6.69. The molecular weight excluding hydrogens is 432 g/mol. The number of imidazole rings is 1. The Morgan fingerprint density at radius 1 is 1.09 bits per heavy atom. The molecule has 0 saturated heterocycles. The third kappa shape index (κ3) is 3.17. The van der Waals surface area contributed by atoms with Crippen LogP contribution < -0.4 is 0 Å². The van der Waals surface area contributed by atoms with Gasteiger partial charge in [0.15, 0.2) is 12.2 Å². The lowest BCUT2D eigenvalue weighted by atomic mass is 9.60. The van der Waals surface area contributed by atoms with Crippen molar-refractivity contribution in [2.24, 2.45) is 10.9 Å². The molecule has 6 rings (SSSR count). The van der Waals surface area contributed by atoms with Gasteiger partial charge in [0.05, 0.1) is 29.3 Å². The molecule has 0 unspecified atom stereocenters. The van der Waals surface area contributed by atoms with Crippen LogP contribution in [-0.2, 0) is 5.41 Å². The molecule has 2 aromatic heterocycles. The van der Waals surface area contributed by atoms with Crippen molar-refractivity contribution < 1.29 is 4.42 Å². The largest absolute Gasteiger partial charge is 0.442 e. The number of aliphatic imine (C=N–C) groups is 1. The highest BCUT2D eigenvalue weighted by atomic mass is 35.5. The van der Waals surface area contributed by atoms with Crippen LogP contribution in [-0.4, -0.2) is 20.2 Å². The molecule has 1 atom stereocenters. The first kappa shape index (κ1) is 20.4. The fourth-order valence-electron chi connectivity index (χ4n) is 5.69. The van der Waals surface area contributed by atoms with Crippen molar-refractivity contribution in [1.82, 2.24) is 14.5 Å². The first-order chi connectivity index (χ1) is 15.9. The monoisotopic (exact) mass is 456 g/mol. The highest BCUT2D eigenvalue weighted by molar-refractivity contribution is 6.35. The van der Waals surface area contributed by atoms with Crippen molar-refractivity contribution >= 4 is 17.3 Å². The van der Waals surface area contributed by atoms with Crippen LogP contribution in [0.1, 0.15) is 62.0 Å². The maximum Gasteiger partial charge on any atom is 0.181 e. The third-order valence-electron chi connectivity index (χ3n) is 7.12.